The number of nitrogens with zero attached hydrogens (tertiary/aromatic N) is 4. The summed E-state index contributed by atoms with van der Waals surface area (Å²) in [6, 6.07) is 7.19. The van der Waals surface area contributed by atoms with Crippen molar-refractivity contribution in [2.24, 2.45) is 11.7 Å². The van der Waals surface area contributed by atoms with E-state index in [1.165, 1.54) is 28.1 Å². The number of rotatable bonds is 5. The molecule has 0 spiro atoms. The van der Waals surface area contributed by atoms with Crippen molar-refractivity contribution in [3.63, 3.8) is 0 Å². The molecule has 3 aliphatic heterocycles. The first-order valence-electron chi connectivity index (χ1n) is 12.0. The second kappa shape index (κ2) is 8.52. The van der Waals surface area contributed by atoms with E-state index in [1.807, 2.05) is 4.90 Å². The number of hydrogen-bond donors (Lipinski definition) is 1. The zero-order valence-electron chi connectivity index (χ0n) is 19.5. The Hall–Kier alpha value is -2.38. The van der Waals surface area contributed by atoms with Gasteiger partial charge in [0.1, 0.15) is 0 Å². The third-order valence-corrected chi connectivity index (χ3v) is 7.44. The summed E-state index contributed by atoms with van der Waals surface area (Å²) in [5, 5.41) is 5.14. The van der Waals surface area contributed by atoms with Gasteiger partial charge in [0.25, 0.3) is 0 Å². The van der Waals surface area contributed by atoms with Crippen molar-refractivity contribution in [1.29, 1.82) is 0 Å². The zero-order valence-corrected chi connectivity index (χ0v) is 19.5. The average molecular weight is 438 g/mol. The number of ether oxygens (including phenoxy) is 1. The molecule has 1 unspecified atom stereocenters. The lowest BCUT2D eigenvalue weighted by Gasteiger charge is -2.33. The molecule has 3 aliphatic rings. The molecule has 0 radical (unpaired) electrons. The van der Waals surface area contributed by atoms with E-state index < -0.39 is 0 Å². The minimum absolute atomic E-state index is 0.131. The van der Waals surface area contributed by atoms with E-state index in [0.717, 1.165) is 51.4 Å². The van der Waals surface area contributed by atoms with Crippen LogP contribution >= 0.6 is 0 Å². The van der Waals surface area contributed by atoms with Crippen LogP contribution < -0.4 is 10.6 Å². The molecule has 7 heteroatoms. The number of nitrogens with two attached hydrogens (primary N) is 1. The van der Waals surface area contributed by atoms with Gasteiger partial charge in [0, 0.05) is 43.4 Å². The number of aromatic nitrogens is 2. The zero-order chi connectivity index (χ0) is 22.4. The van der Waals surface area contributed by atoms with Crippen molar-refractivity contribution in [1.82, 2.24) is 14.7 Å². The van der Waals surface area contributed by atoms with Crippen LogP contribution in [0.2, 0.25) is 0 Å². The molecule has 7 nitrogen and oxygen atoms in total. The second-order valence-corrected chi connectivity index (χ2v) is 9.80. The third kappa shape index (κ3) is 3.61. The van der Waals surface area contributed by atoms with E-state index in [1.54, 1.807) is 6.92 Å². The Balaban J connectivity index is 1.55. The highest BCUT2D eigenvalue weighted by molar-refractivity contribution is 5.75. The smallest absolute Gasteiger partial charge is 0.219 e. The first kappa shape index (κ1) is 21.5. The fraction of sp³-hybridized carbons (Fsp3) is 0.600. The molecule has 1 aromatic carbocycles. The van der Waals surface area contributed by atoms with E-state index in [9.17, 15) is 4.79 Å². The Labute approximate surface area is 190 Å². The first-order chi connectivity index (χ1) is 15.5. The Morgan fingerprint density at radius 2 is 2.06 bits per heavy atom. The van der Waals surface area contributed by atoms with Gasteiger partial charge in [-0.25, -0.2) is 0 Å². The third-order valence-electron chi connectivity index (χ3n) is 7.44. The molecule has 172 valence electrons. The summed E-state index contributed by atoms with van der Waals surface area (Å²) in [5.74, 6) is 2.05. The lowest BCUT2D eigenvalue weighted by atomic mass is 9.86. The highest BCUT2D eigenvalue weighted by Gasteiger charge is 2.34. The molecule has 1 aromatic heterocycles. The van der Waals surface area contributed by atoms with Crippen LogP contribution in [0.25, 0.3) is 0 Å². The maximum absolute atomic E-state index is 12.1. The predicted molar refractivity (Wildman–Crippen MR) is 125 cm³/mol. The van der Waals surface area contributed by atoms with E-state index in [-0.39, 0.29) is 5.91 Å². The summed E-state index contributed by atoms with van der Waals surface area (Å²) >= 11 is 0. The molecule has 32 heavy (non-hydrogen) atoms. The minimum atomic E-state index is 0.131. The molecule has 4 heterocycles. The number of aryl methyl sites for hydroxylation is 1. The second-order valence-electron chi connectivity index (χ2n) is 9.80. The van der Waals surface area contributed by atoms with Crippen molar-refractivity contribution >= 4 is 17.4 Å². The molecule has 0 bridgehead atoms. The summed E-state index contributed by atoms with van der Waals surface area (Å²) in [4.78, 5) is 16.5. The number of amides is 1. The van der Waals surface area contributed by atoms with Gasteiger partial charge < -0.3 is 20.3 Å². The van der Waals surface area contributed by atoms with Gasteiger partial charge in [-0.15, -0.1) is 0 Å². The first-order valence-corrected chi connectivity index (χ1v) is 12.0. The number of carbonyl (C=O) groups excluding carboxylic acids is 1. The standard InChI is InChI=1S/C25H35N5O2/c1-16(2)21(12-26)18-6-7-23-19(11-18)5-4-9-29(23)25-22-13-28(17(3)31)10-8-24(22)30(27-25)20-14-32-15-20/h6-7,11,16,20-21H,4-5,8-10,12-15,26H2,1-3H3. The molecular weight excluding hydrogens is 402 g/mol. The van der Waals surface area contributed by atoms with E-state index in [0.29, 0.717) is 31.0 Å². The van der Waals surface area contributed by atoms with Gasteiger partial charge in [-0.2, -0.15) is 5.10 Å². The lowest BCUT2D eigenvalue weighted by molar-refractivity contribution is -0.129. The molecule has 1 atom stereocenters. The van der Waals surface area contributed by atoms with Crippen LogP contribution in [0.5, 0.6) is 0 Å². The Bertz CT molecular complexity index is 1010. The van der Waals surface area contributed by atoms with Crippen LogP contribution in [-0.4, -0.2) is 53.4 Å². The maximum atomic E-state index is 12.1. The topological polar surface area (TPSA) is 76.6 Å². The minimum Gasteiger partial charge on any atom is -0.377 e. The Morgan fingerprint density at radius 1 is 1.25 bits per heavy atom. The van der Waals surface area contributed by atoms with Crippen LogP contribution in [0.15, 0.2) is 18.2 Å². The molecule has 1 saturated heterocycles. The number of hydrogen-bond acceptors (Lipinski definition) is 5. The summed E-state index contributed by atoms with van der Waals surface area (Å²) < 4.78 is 7.66. The van der Waals surface area contributed by atoms with Gasteiger partial charge in [-0.1, -0.05) is 26.0 Å². The van der Waals surface area contributed by atoms with E-state index >= 15 is 0 Å². The molecule has 1 amide bonds. The molecule has 2 aromatic rings. The summed E-state index contributed by atoms with van der Waals surface area (Å²) in [5.41, 5.74) is 12.5. The van der Waals surface area contributed by atoms with Gasteiger partial charge in [0.2, 0.25) is 5.91 Å². The highest BCUT2D eigenvalue weighted by Crippen LogP contribution is 2.40. The Morgan fingerprint density at radius 3 is 2.72 bits per heavy atom. The summed E-state index contributed by atoms with van der Waals surface area (Å²) in [6.07, 6.45) is 3.02. The molecule has 5 rings (SSSR count). The van der Waals surface area contributed by atoms with Gasteiger partial charge in [0.05, 0.1) is 25.8 Å². The van der Waals surface area contributed by atoms with Crippen LogP contribution in [-0.2, 0) is 28.9 Å². The van der Waals surface area contributed by atoms with Crippen molar-refractivity contribution in [3.8, 4) is 0 Å². The molecule has 2 N–H and O–H groups in total. The van der Waals surface area contributed by atoms with E-state index in [4.69, 9.17) is 15.6 Å². The molecule has 0 aliphatic carbocycles. The molecule has 1 fully saturated rings. The average Bonchev–Trinajstić information content (AvgIpc) is 3.10. The lowest BCUT2D eigenvalue weighted by Crippen LogP contribution is -2.37. The van der Waals surface area contributed by atoms with Crippen LogP contribution in [0.4, 0.5) is 11.5 Å². The number of benzene rings is 1. The van der Waals surface area contributed by atoms with Gasteiger partial charge in [-0.3, -0.25) is 9.48 Å². The van der Waals surface area contributed by atoms with Crippen molar-refractivity contribution in [2.75, 3.05) is 37.7 Å². The van der Waals surface area contributed by atoms with Crippen LogP contribution in [0, 0.1) is 5.92 Å². The largest absolute Gasteiger partial charge is 0.377 e. The normalized spacial score (nSPS) is 19.5. The van der Waals surface area contributed by atoms with Crippen molar-refractivity contribution in [3.05, 3.63) is 40.6 Å². The number of carbonyl (C=O) groups is 1. The molecule has 0 saturated carbocycles. The van der Waals surface area contributed by atoms with Crippen LogP contribution in [0.1, 0.15) is 61.5 Å². The number of anilines is 2. The fourth-order valence-corrected chi connectivity index (χ4v) is 5.44. The Kier molecular flexibility index (Phi) is 5.72. The molecular formula is C25H35N5O2. The highest BCUT2D eigenvalue weighted by atomic mass is 16.5. The predicted octanol–water partition coefficient (Wildman–Crippen LogP) is 3.14. The van der Waals surface area contributed by atoms with Gasteiger partial charge >= 0.3 is 0 Å². The van der Waals surface area contributed by atoms with Gasteiger partial charge in [-0.05, 0) is 48.4 Å². The number of fused-ring (bicyclic) bond motifs is 2. The maximum Gasteiger partial charge on any atom is 0.219 e. The summed E-state index contributed by atoms with van der Waals surface area (Å²) in [7, 11) is 0. The van der Waals surface area contributed by atoms with Crippen LogP contribution in [0.3, 0.4) is 0 Å². The van der Waals surface area contributed by atoms with Gasteiger partial charge in [0.15, 0.2) is 5.82 Å². The monoisotopic (exact) mass is 437 g/mol. The summed E-state index contributed by atoms with van der Waals surface area (Å²) in [6.45, 7) is 10.6. The van der Waals surface area contributed by atoms with Crippen molar-refractivity contribution < 1.29 is 9.53 Å². The SMILES string of the molecule is CC(=O)N1CCc2c(c(N3CCCc4cc(C(CN)C(C)C)ccc43)nn2C2COC2)C1. The van der Waals surface area contributed by atoms with Crippen molar-refractivity contribution in [2.45, 2.75) is 58.5 Å². The van der Waals surface area contributed by atoms with E-state index in [2.05, 4.69) is 41.6 Å². The fourth-order valence-electron chi connectivity index (χ4n) is 5.44. The quantitative estimate of drug-likeness (QED) is 0.778.